The lowest BCUT2D eigenvalue weighted by molar-refractivity contribution is 0.416. The number of nitrogens with two attached hydrogens (primary N) is 2. The number of nitrogens with zero attached hydrogens (tertiary/aromatic N) is 3. The van der Waals surface area contributed by atoms with Crippen molar-refractivity contribution in [3.63, 3.8) is 0 Å². The Balaban J connectivity index is 0.000000956. The number of aromatic nitrogens is 2. The Labute approximate surface area is 119 Å². The van der Waals surface area contributed by atoms with Gasteiger partial charge in [0, 0.05) is 23.5 Å². The summed E-state index contributed by atoms with van der Waals surface area (Å²) in [5, 5.41) is 2.31. The van der Waals surface area contributed by atoms with Crippen LogP contribution in [0.25, 0.3) is 10.9 Å². The minimum absolute atomic E-state index is 0.626. The number of fused-ring (bicyclic) bond motifs is 1. The molecular formula is C14H21N5O. The van der Waals surface area contributed by atoms with Crippen LogP contribution in [0.4, 0.5) is 5.69 Å². The number of hydrogen-bond donors (Lipinski definition) is 2. The lowest BCUT2D eigenvalue weighted by atomic mass is 10.1. The number of ether oxygens (including phenoxy) is 1. The van der Waals surface area contributed by atoms with Crippen LogP contribution in [0.15, 0.2) is 30.9 Å². The Hall–Kier alpha value is -2.34. The zero-order valence-electron chi connectivity index (χ0n) is 12.3. The molecule has 0 fully saturated rings. The van der Waals surface area contributed by atoms with Gasteiger partial charge in [0.05, 0.1) is 7.11 Å². The van der Waals surface area contributed by atoms with Crippen LogP contribution in [0, 0.1) is 6.92 Å². The molecule has 0 aliphatic carbocycles. The minimum atomic E-state index is 0.626. The first kappa shape index (κ1) is 15.7. The summed E-state index contributed by atoms with van der Waals surface area (Å²) in [4.78, 5) is 8.42. The molecule has 0 bridgehead atoms. The van der Waals surface area contributed by atoms with Gasteiger partial charge in [-0.1, -0.05) is 13.8 Å². The van der Waals surface area contributed by atoms with Gasteiger partial charge in [-0.2, -0.15) is 0 Å². The Kier molecular flexibility index (Phi) is 5.74. The van der Waals surface area contributed by atoms with E-state index in [0.29, 0.717) is 11.4 Å². The van der Waals surface area contributed by atoms with Crippen LogP contribution in [0.5, 0.6) is 5.75 Å². The van der Waals surface area contributed by atoms with Crippen molar-refractivity contribution in [1.29, 1.82) is 0 Å². The molecule has 0 aliphatic rings. The second-order valence-electron chi connectivity index (χ2n) is 3.72. The lowest BCUT2D eigenvalue weighted by Gasteiger charge is -2.18. The summed E-state index contributed by atoms with van der Waals surface area (Å²) in [6, 6.07) is 3.74. The molecule has 0 saturated carbocycles. The fourth-order valence-electron chi connectivity index (χ4n) is 1.81. The van der Waals surface area contributed by atoms with Crippen molar-refractivity contribution in [3.8, 4) is 5.75 Å². The molecule has 2 aromatic rings. The van der Waals surface area contributed by atoms with Gasteiger partial charge in [0.25, 0.3) is 0 Å². The van der Waals surface area contributed by atoms with Crippen LogP contribution in [-0.2, 0) is 0 Å². The second-order valence-corrected chi connectivity index (χ2v) is 3.72. The van der Waals surface area contributed by atoms with E-state index in [9.17, 15) is 0 Å². The SMILES string of the molecule is CC.COc1ccc2c(C)ncnc2c1N(N)/C=C\N. The third-order valence-corrected chi connectivity index (χ3v) is 2.67. The van der Waals surface area contributed by atoms with Crippen molar-refractivity contribution in [3.05, 3.63) is 36.6 Å². The normalized spacial score (nSPS) is 10.2. The third kappa shape index (κ3) is 2.97. The summed E-state index contributed by atoms with van der Waals surface area (Å²) in [5.41, 5.74) is 7.62. The predicted molar refractivity (Wildman–Crippen MR) is 82.2 cm³/mol. The highest BCUT2D eigenvalue weighted by atomic mass is 16.5. The number of benzene rings is 1. The van der Waals surface area contributed by atoms with Gasteiger partial charge in [0.15, 0.2) is 0 Å². The summed E-state index contributed by atoms with van der Waals surface area (Å²) >= 11 is 0. The summed E-state index contributed by atoms with van der Waals surface area (Å²) in [6.45, 7) is 5.92. The third-order valence-electron chi connectivity index (χ3n) is 2.67. The van der Waals surface area contributed by atoms with Gasteiger partial charge in [-0.25, -0.2) is 15.8 Å². The van der Waals surface area contributed by atoms with Crippen molar-refractivity contribution in [2.24, 2.45) is 11.6 Å². The highest BCUT2D eigenvalue weighted by molar-refractivity contribution is 5.95. The van der Waals surface area contributed by atoms with Gasteiger partial charge >= 0.3 is 0 Å². The number of hydrazine groups is 1. The molecule has 0 unspecified atom stereocenters. The molecule has 6 nitrogen and oxygen atoms in total. The average molecular weight is 275 g/mol. The van der Waals surface area contributed by atoms with Gasteiger partial charge in [-0.05, 0) is 19.1 Å². The number of aryl methyl sites for hydroxylation is 1. The van der Waals surface area contributed by atoms with Crippen LogP contribution in [0.2, 0.25) is 0 Å². The largest absolute Gasteiger partial charge is 0.494 e. The van der Waals surface area contributed by atoms with Crippen LogP contribution in [0.1, 0.15) is 19.5 Å². The van der Waals surface area contributed by atoms with Gasteiger partial charge < -0.3 is 10.5 Å². The molecule has 108 valence electrons. The lowest BCUT2D eigenvalue weighted by Crippen LogP contribution is -2.25. The number of anilines is 1. The minimum Gasteiger partial charge on any atom is -0.494 e. The topological polar surface area (TPSA) is 90.3 Å². The number of hydrogen-bond acceptors (Lipinski definition) is 6. The zero-order valence-corrected chi connectivity index (χ0v) is 12.3. The molecule has 0 saturated heterocycles. The van der Waals surface area contributed by atoms with Gasteiger partial charge in [-0.15, -0.1) is 0 Å². The van der Waals surface area contributed by atoms with E-state index in [1.807, 2.05) is 32.9 Å². The molecule has 0 radical (unpaired) electrons. The molecule has 6 heteroatoms. The van der Waals surface area contributed by atoms with Crippen molar-refractivity contribution in [2.75, 3.05) is 12.1 Å². The van der Waals surface area contributed by atoms with Crippen molar-refractivity contribution >= 4 is 16.6 Å². The molecule has 1 aromatic heterocycles. The summed E-state index contributed by atoms with van der Waals surface area (Å²) in [7, 11) is 1.58. The Bertz CT molecular complexity index is 597. The Morgan fingerprint density at radius 2 is 1.95 bits per heavy atom. The number of rotatable bonds is 3. The first-order valence-corrected chi connectivity index (χ1v) is 6.39. The molecule has 1 aromatic carbocycles. The van der Waals surface area contributed by atoms with Crippen LogP contribution >= 0.6 is 0 Å². The number of methoxy groups -OCH3 is 1. The highest BCUT2D eigenvalue weighted by Gasteiger charge is 2.14. The van der Waals surface area contributed by atoms with E-state index in [4.69, 9.17) is 16.3 Å². The average Bonchev–Trinajstić information content (AvgIpc) is 2.48. The van der Waals surface area contributed by atoms with Crippen molar-refractivity contribution in [1.82, 2.24) is 9.97 Å². The van der Waals surface area contributed by atoms with E-state index in [1.54, 1.807) is 7.11 Å². The van der Waals surface area contributed by atoms with Crippen LogP contribution in [-0.4, -0.2) is 17.1 Å². The second kappa shape index (κ2) is 7.30. The summed E-state index contributed by atoms with van der Waals surface area (Å²) in [5.74, 6) is 6.55. The predicted octanol–water partition coefficient (Wildman–Crippen LogP) is 2.08. The zero-order chi connectivity index (χ0) is 15.1. The van der Waals surface area contributed by atoms with E-state index in [2.05, 4.69) is 9.97 Å². The maximum Gasteiger partial charge on any atom is 0.146 e. The maximum atomic E-state index is 5.92. The van der Waals surface area contributed by atoms with Crippen LogP contribution in [0.3, 0.4) is 0 Å². The molecule has 0 atom stereocenters. The van der Waals surface area contributed by atoms with E-state index in [1.165, 1.54) is 23.7 Å². The molecule has 0 aliphatic heterocycles. The highest BCUT2D eigenvalue weighted by Crippen LogP contribution is 2.34. The molecule has 20 heavy (non-hydrogen) atoms. The van der Waals surface area contributed by atoms with E-state index in [0.717, 1.165) is 16.6 Å². The Morgan fingerprint density at radius 3 is 2.55 bits per heavy atom. The monoisotopic (exact) mass is 275 g/mol. The van der Waals surface area contributed by atoms with Gasteiger partial charge in [-0.3, -0.25) is 5.01 Å². The van der Waals surface area contributed by atoms with Crippen molar-refractivity contribution < 1.29 is 4.74 Å². The first-order valence-electron chi connectivity index (χ1n) is 6.39. The van der Waals surface area contributed by atoms with E-state index >= 15 is 0 Å². The molecular weight excluding hydrogens is 254 g/mol. The quantitative estimate of drug-likeness (QED) is 0.658. The van der Waals surface area contributed by atoms with Gasteiger partial charge in [0.1, 0.15) is 23.3 Å². The molecule has 2 rings (SSSR count). The summed E-state index contributed by atoms with van der Waals surface area (Å²) in [6.07, 6.45) is 4.39. The van der Waals surface area contributed by atoms with E-state index in [-0.39, 0.29) is 0 Å². The summed E-state index contributed by atoms with van der Waals surface area (Å²) < 4.78 is 5.30. The first-order chi connectivity index (χ1) is 9.69. The smallest absolute Gasteiger partial charge is 0.146 e. The Morgan fingerprint density at radius 1 is 1.25 bits per heavy atom. The maximum absolute atomic E-state index is 5.92. The standard InChI is InChI=1S/C12H15N5O.C2H6/c1-8-9-3-4-10(18-2)12(17(14)6-5-13)11(9)16-7-15-8;1-2/h3-7H,13-14H2,1-2H3;1-2H3/b6-5-;. The fourth-order valence-corrected chi connectivity index (χ4v) is 1.81. The van der Waals surface area contributed by atoms with Crippen LogP contribution < -0.4 is 21.3 Å². The molecule has 0 amide bonds. The molecule has 0 spiro atoms. The van der Waals surface area contributed by atoms with Gasteiger partial charge in [0.2, 0.25) is 0 Å². The molecule has 4 N–H and O–H groups in total. The molecule has 1 heterocycles. The fraction of sp³-hybridized carbons (Fsp3) is 0.286. The van der Waals surface area contributed by atoms with Crippen molar-refractivity contribution in [2.45, 2.75) is 20.8 Å². The van der Waals surface area contributed by atoms with E-state index < -0.39 is 0 Å².